The molecule has 0 aliphatic carbocycles. The van der Waals surface area contributed by atoms with Gasteiger partial charge in [0.1, 0.15) is 23.4 Å². The maximum Gasteiger partial charge on any atom is 0.189 e. The molecule has 0 fully saturated rings. The SMILES string of the molecule is O=C1C[C@@H](c2cc(Cl)cc3c2OCOC3)Oc2ccc(F)cc21. The first-order chi connectivity index (χ1) is 11.1. The molecule has 2 aromatic rings. The van der Waals surface area contributed by atoms with Crippen molar-refractivity contribution < 1.29 is 23.4 Å². The Labute approximate surface area is 136 Å². The van der Waals surface area contributed by atoms with Crippen LogP contribution in [0.15, 0.2) is 30.3 Å². The standard InChI is InChI=1S/C17H12ClFO4/c18-10-3-9-7-21-8-22-17(9)13(4-10)16-6-14(20)12-5-11(19)1-2-15(12)23-16/h1-5,16H,6-8H2/t16-/m0/s1. The quantitative estimate of drug-likeness (QED) is 0.789. The zero-order valence-corrected chi connectivity index (χ0v) is 12.7. The summed E-state index contributed by atoms with van der Waals surface area (Å²) in [6.07, 6.45) is -0.418. The van der Waals surface area contributed by atoms with E-state index in [2.05, 4.69) is 0 Å². The maximum absolute atomic E-state index is 13.3. The number of ether oxygens (including phenoxy) is 3. The Morgan fingerprint density at radius 3 is 2.96 bits per heavy atom. The predicted octanol–water partition coefficient (Wildman–Crippen LogP) is 4.05. The van der Waals surface area contributed by atoms with E-state index < -0.39 is 11.9 Å². The average Bonchev–Trinajstić information content (AvgIpc) is 2.54. The highest BCUT2D eigenvalue weighted by atomic mass is 35.5. The number of Topliss-reactive ketones (excluding diaryl/α,β-unsaturated/α-hetero) is 1. The summed E-state index contributed by atoms with van der Waals surface area (Å²) >= 11 is 6.16. The largest absolute Gasteiger partial charge is 0.484 e. The maximum atomic E-state index is 13.3. The summed E-state index contributed by atoms with van der Waals surface area (Å²) in [5, 5.41) is 0.522. The summed E-state index contributed by atoms with van der Waals surface area (Å²) in [5.41, 5.74) is 1.79. The summed E-state index contributed by atoms with van der Waals surface area (Å²) in [5.74, 6) is 0.383. The van der Waals surface area contributed by atoms with E-state index in [0.717, 1.165) is 5.56 Å². The van der Waals surface area contributed by atoms with Crippen LogP contribution in [-0.4, -0.2) is 12.6 Å². The third-order valence-electron chi connectivity index (χ3n) is 3.93. The summed E-state index contributed by atoms with van der Waals surface area (Å²) < 4.78 is 30.0. The molecule has 0 saturated carbocycles. The molecule has 0 N–H and O–H groups in total. The van der Waals surface area contributed by atoms with E-state index in [9.17, 15) is 9.18 Å². The molecule has 118 valence electrons. The van der Waals surface area contributed by atoms with E-state index in [-0.39, 0.29) is 24.6 Å². The van der Waals surface area contributed by atoms with Crippen LogP contribution in [0.5, 0.6) is 11.5 Å². The summed E-state index contributed by atoms with van der Waals surface area (Å²) in [4.78, 5) is 12.3. The van der Waals surface area contributed by atoms with Crippen LogP contribution < -0.4 is 9.47 Å². The van der Waals surface area contributed by atoms with Gasteiger partial charge < -0.3 is 14.2 Å². The number of fused-ring (bicyclic) bond motifs is 2. The van der Waals surface area contributed by atoms with Crippen molar-refractivity contribution in [1.29, 1.82) is 0 Å². The van der Waals surface area contributed by atoms with Gasteiger partial charge in [-0.25, -0.2) is 4.39 Å². The fourth-order valence-electron chi connectivity index (χ4n) is 2.92. The second kappa shape index (κ2) is 5.51. The molecular formula is C17H12ClFO4. The molecule has 2 aliphatic heterocycles. The van der Waals surface area contributed by atoms with Crippen LogP contribution in [0.2, 0.25) is 5.02 Å². The van der Waals surface area contributed by atoms with Crippen molar-refractivity contribution in [3.63, 3.8) is 0 Å². The van der Waals surface area contributed by atoms with Crippen LogP contribution in [0.25, 0.3) is 0 Å². The Morgan fingerprint density at radius 1 is 1.22 bits per heavy atom. The highest BCUT2D eigenvalue weighted by Gasteiger charge is 2.31. The van der Waals surface area contributed by atoms with Crippen LogP contribution in [0.1, 0.15) is 34.0 Å². The minimum Gasteiger partial charge on any atom is -0.484 e. The van der Waals surface area contributed by atoms with Gasteiger partial charge in [-0.3, -0.25) is 4.79 Å². The van der Waals surface area contributed by atoms with Gasteiger partial charge in [0.2, 0.25) is 0 Å². The highest BCUT2D eigenvalue weighted by molar-refractivity contribution is 6.30. The normalized spacial score (nSPS) is 19.4. The third-order valence-corrected chi connectivity index (χ3v) is 4.15. The van der Waals surface area contributed by atoms with E-state index >= 15 is 0 Å². The fraction of sp³-hybridized carbons (Fsp3) is 0.235. The van der Waals surface area contributed by atoms with Crippen LogP contribution in [0.4, 0.5) is 4.39 Å². The first kappa shape index (κ1) is 14.5. The Bertz CT molecular complexity index is 805. The van der Waals surface area contributed by atoms with E-state index in [4.69, 9.17) is 25.8 Å². The summed E-state index contributed by atoms with van der Waals surface area (Å²) in [6.45, 7) is 0.537. The molecular weight excluding hydrogens is 323 g/mol. The van der Waals surface area contributed by atoms with Crippen molar-refractivity contribution in [2.75, 3.05) is 6.79 Å². The number of hydrogen-bond donors (Lipinski definition) is 0. The van der Waals surface area contributed by atoms with Crippen molar-refractivity contribution in [3.8, 4) is 11.5 Å². The zero-order valence-electron chi connectivity index (χ0n) is 12.0. The van der Waals surface area contributed by atoms with Crippen molar-refractivity contribution in [2.45, 2.75) is 19.1 Å². The van der Waals surface area contributed by atoms with Gasteiger partial charge in [0.05, 0.1) is 18.6 Å². The number of carbonyl (C=O) groups is 1. The Balaban J connectivity index is 1.76. The molecule has 2 aliphatic rings. The van der Waals surface area contributed by atoms with E-state index in [1.807, 2.05) is 0 Å². The number of halogens is 2. The van der Waals surface area contributed by atoms with Crippen molar-refractivity contribution in [2.24, 2.45) is 0 Å². The first-order valence-electron chi connectivity index (χ1n) is 7.14. The lowest BCUT2D eigenvalue weighted by Crippen LogP contribution is -2.23. The molecule has 0 spiro atoms. The summed E-state index contributed by atoms with van der Waals surface area (Å²) in [7, 11) is 0. The van der Waals surface area contributed by atoms with Crippen LogP contribution in [-0.2, 0) is 11.3 Å². The molecule has 4 nitrogen and oxygen atoms in total. The molecule has 0 aromatic heterocycles. The topological polar surface area (TPSA) is 44.8 Å². The van der Waals surface area contributed by atoms with Crippen LogP contribution >= 0.6 is 11.6 Å². The second-order valence-corrected chi connectivity index (χ2v) is 5.90. The lowest BCUT2D eigenvalue weighted by atomic mass is 9.94. The number of carbonyl (C=O) groups excluding carboxylic acids is 1. The molecule has 1 atom stereocenters. The van der Waals surface area contributed by atoms with Crippen LogP contribution in [0.3, 0.4) is 0 Å². The van der Waals surface area contributed by atoms with Gasteiger partial charge in [-0.15, -0.1) is 0 Å². The van der Waals surface area contributed by atoms with E-state index in [1.165, 1.54) is 18.2 Å². The van der Waals surface area contributed by atoms with E-state index in [1.54, 1.807) is 12.1 Å². The minimum absolute atomic E-state index is 0.105. The molecule has 23 heavy (non-hydrogen) atoms. The predicted molar refractivity (Wildman–Crippen MR) is 80.5 cm³/mol. The zero-order chi connectivity index (χ0) is 16.0. The molecule has 0 unspecified atom stereocenters. The van der Waals surface area contributed by atoms with Gasteiger partial charge in [-0.05, 0) is 30.3 Å². The lowest BCUT2D eigenvalue weighted by Gasteiger charge is -2.29. The third kappa shape index (κ3) is 2.56. The van der Waals surface area contributed by atoms with Gasteiger partial charge in [0.15, 0.2) is 12.6 Å². The number of hydrogen-bond acceptors (Lipinski definition) is 4. The first-order valence-corrected chi connectivity index (χ1v) is 7.52. The minimum atomic E-state index is -0.522. The molecule has 2 aromatic carbocycles. The Hall–Kier alpha value is -2.11. The number of rotatable bonds is 1. The Morgan fingerprint density at radius 2 is 2.09 bits per heavy atom. The molecule has 0 amide bonds. The van der Waals surface area contributed by atoms with Gasteiger partial charge in [0.25, 0.3) is 0 Å². The molecule has 2 heterocycles. The highest BCUT2D eigenvalue weighted by Crippen LogP contribution is 2.42. The van der Waals surface area contributed by atoms with Crippen molar-refractivity contribution in [1.82, 2.24) is 0 Å². The van der Waals surface area contributed by atoms with E-state index in [0.29, 0.717) is 28.7 Å². The van der Waals surface area contributed by atoms with Gasteiger partial charge in [0, 0.05) is 16.1 Å². The number of ketones is 1. The van der Waals surface area contributed by atoms with Crippen molar-refractivity contribution in [3.05, 3.63) is 57.9 Å². The van der Waals surface area contributed by atoms with Gasteiger partial charge in [-0.1, -0.05) is 11.6 Å². The Kier molecular flexibility index (Phi) is 3.47. The number of benzene rings is 2. The lowest BCUT2D eigenvalue weighted by molar-refractivity contribution is -0.0183. The fourth-order valence-corrected chi connectivity index (χ4v) is 3.17. The monoisotopic (exact) mass is 334 g/mol. The van der Waals surface area contributed by atoms with Crippen LogP contribution in [0, 0.1) is 5.82 Å². The molecule has 4 rings (SSSR count). The molecule has 0 saturated heterocycles. The summed E-state index contributed by atoms with van der Waals surface area (Å²) in [6, 6.07) is 7.44. The molecule has 0 radical (unpaired) electrons. The average molecular weight is 335 g/mol. The van der Waals surface area contributed by atoms with Gasteiger partial charge >= 0.3 is 0 Å². The van der Waals surface area contributed by atoms with Gasteiger partial charge in [-0.2, -0.15) is 0 Å². The van der Waals surface area contributed by atoms with Crippen molar-refractivity contribution >= 4 is 17.4 Å². The molecule has 0 bridgehead atoms. The molecule has 6 heteroatoms. The second-order valence-electron chi connectivity index (χ2n) is 5.47. The smallest absolute Gasteiger partial charge is 0.189 e.